The van der Waals surface area contributed by atoms with Crippen LogP contribution in [-0.4, -0.2) is 16.3 Å². The summed E-state index contributed by atoms with van der Waals surface area (Å²) in [6, 6.07) is 3.30. The minimum absolute atomic E-state index is 0.0166. The van der Waals surface area contributed by atoms with Crippen LogP contribution in [0.3, 0.4) is 0 Å². The molecule has 0 aliphatic heterocycles. The van der Waals surface area contributed by atoms with Crippen molar-refractivity contribution < 1.29 is 10.2 Å². The minimum atomic E-state index is -0.147. The first-order valence-corrected chi connectivity index (χ1v) is 5.74. The normalized spacial score (nSPS) is 19.9. The van der Waals surface area contributed by atoms with Crippen LogP contribution in [-0.2, 0) is 5.41 Å². The molecule has 1 fully saturated rings. The third-order valence-corrected chi connectivity index (χ3v) is 3.71. The molecule has 0 heterocycles. The van der Waals surface area contributed by atoms with Crippen LogP contribution < -0.4 is 5.73 Å². The molecule has 1 aromatic rings. The Hall–Kier alpha value is -0.740. The lowest BCUT2D eigenvalue weighted by atomic mass is 9.88. The van der Waals surface area contributed by atoms with Gasteiger partial charge in [0.05, 0.1) is 0 Å². The predicted octanol–water partition coefficient (Wildman–Crippen LogP) is 2.24. The quantitative estimate of drug-likeness (QED) is 0.723. The Balaban J connectivity index is 2.53. The molecule has 82 valence electrons. The Morgan fingerprint density at radius 1 is 1.40 bits per heavy atom. The van der Waals surface area contributed by atoms with E-state index in [-0.39, 0.29) is 23.0 Å². The zero-order chi connectivity index (χ0) is 11.2. The van der Waals surface area contributed by atoms with Crippen molar-refractivity contribution in [3.05, 3.63) is 22.2 Å². The van der Waals surface area contributed by atoms with E-state index in [1.165, 1.54) is 6.07 Å². The van der Waals surface area contributed by atoms with Gasteiger partial charge in [0, 0.05) is 21.5 Å². The number of rotatable bonds is 2. The lowest BCUT2D eigenvalue weighted by Crippen LogP contribution is -2.31. The molecule has 0 spiro atoms. The van der Waals surface area contributed by atoms with Crippen LogP contribution in [0.15, 0.2) is 16.6 Å². The van der Waals surface area contributed by atoms with Gasteiger partial charge in [-0.3, -0.25) is 0 Å². The van der Waals surface area contributed by atoms with Crippen LogP contribution in [0.5, 0.6) is 11.5 Å². The van der Waals surface area contributed by atoms with Crippen LogP contribution in [0.2, 0.25) is 0 Å². The van der Waals surface area contributed by atoms with Gasteiger partial charge in [0.2, 0.25) is 0 Å². The monoisotopic (exact) mass is 271 g/mol. The van der Waals surface area contributed by atoms with Crippen LogP contribution in [0.4, 0.5) is 0 Å². The SMILES string of the molecule is CC(N)C1(c2cc(Br)cc(O)c2O)CC1. The number of phenolic OH excluding ortho intramolecular Hbond substituents is 2. The van der Waals surface area contributed by atoms with E-state index in [4.69, 9.17) is 5.73 Å². The summed E-state index contributed by atoms with van der Waals surface area (Å²) < 4.78 is 0.764. The smallest absolute Gasteiger partial charge is 0.161 e. The zero-order valence-electron chi connectivity index (χ0n) is 8.50. The number of halogens is 1. The highest BCUT2D eigenvalue weighted by atomic mass is 79.9. The highest BCUT2D eigenvalue weighted by Gasteiger charge is 2.49. The van der Waals surface area contributed by atoms with Gasteiger partial charge in [-0.25, -0.2) is 0 Å². The van der Waals surface area contributed by atoms with E-state index in [0.29, 0.717) is 0 Å². The van der Waals surface area contributed by atoms with Gasteiger partial charge >= 0.3 is 0 Å². The molecule has 1 aromatic carbocycles. The maximum absolute atomic E-state index is 9.82. The van der Waals surface area contributed by atoms with Crippen molar-refractivity contribution >= 4 is 15.9 Å². The number of hydrogen-bond donors (Lipinski definition) is 3. The highest BCUT2D eigenvalue weighted by Crippen LogP contribution is 2.55. The van der Waals surface area contributed by atoms with E-state index < -0.39 is 0 Å². The molecule has 0 saturated heterocycles. The fourth-order valence-electron chi connectivity index (χ4n) is 2.07. The molecular formula is C11H14BrNO2. The first kappa shape index (κ1) is 10.8. The Labute approximate surface area is 97.0 Å². The molecule has 2 rings (SSSR count). The van der Waals surface area contributed by atoms with Gasteiger partial charge in [-0.2, -0.15) is 0 Å². The predicted molar refractivity (Wildman–Crippen MR) is 62.0 cm³/mol. The molecule has 1 unspecified atom stereocenters. The van der Waals surface area contributed by atoms with E-state index in [1.54, 1.807) is 0 Å². The molecule has 4 heteroatoms. The molecule has 1 aliphatic carbocycles. The largest absolute Gasteiger partial charge is 0.504 e. The molecule has 0 radical (unpaired) electrons. The lowest BCUT2D eigenvalue weighted by Gasteiger charge is -2.21. The van der Waals surface area contributed by atoms with E-state index in [2.05, 4.69) is 15.9 Å². The van der Waals surface area contributed by atoms with Crippen LogP contribution in [0.25, 0.3) is 0 Å². The third kappa shape index (κ3) is 1.62. The van der Waals surface area contributed by atoms with Crippen molar-refractivity contribution in [3.8, 4) is 11.5 Å². The summed E-state index contributed by atoms with van der Waals surface area (Å²) in [5, 5.41) is 19.4. The van der Waals surface area contributed by atoms with Crippen LogP contribution in [0, 0.1) is 0 Å². The second-order valence-electron chi connectivity index (χ2n) is 4.27. The first-order valence-electron chi connectivity index (χ1n) is 4.95. The number of aromatic hydroxyl groups is 2. The average molecular weight is 272 g/mol. The molecule has 0 bridgehead atoms. The molecular weight excluding hydrogens is 258 g/mol. The van der Waals surface area contributed by atoms with Crippen molar-refractivity contribution in [1.29, 1.82) is 0 Å². The summed E-state index contributed by atoms with van der Waals surface area (Å²) in [6.45, 7) is 1.93. The van der Waals surface area contributed by atoms with Gasteiger partial charge in [-0.05, 0) is 31.9 Å². The lowest BCUT2D eigenvalue weighted by molar-refractivity contribution is 0.389. The first-order chi connectivity index (χ1) is 6.97. The Kier molecular flexibility index (Phi) is 2.43. The molecule has 3 nitrogen and oxygen atoms in total. The summed E-state index contributed by atoms with van der Waals surface area (Å²) in [6.07, 6.45) is 1.93. The Morgan fingerprint density at radius 2 is 2.00 bits per heavy atom. The van der Waals surface area contributed by atoms with Gasteiger partial charge in [0.15, 0.2) is 11.5 Å². The standard InChI is InChI=1S/C11H14BrNO2/c1-6(13)11(2-3-11)8-4-7(12)5-9(14)10(8)15/h4-6,14-15H,2-3,13H2,1H3. The summed E-state index contributed by atoms with van der Waals surface area (Å²) in [5.74, 6) is -0.126. The van der Waals surface area contributed by atoms with Crippen molar-refractivity contribution in [1.82, 2.24) is 0 Å². The van der Waals surface area contributed by atoms with E-state index in [9.17, 15) is 10.2 Å². The Bertz CT molecular complexity index is 400. The zero-order valence-corrected chi connectivity index (χ0v) is 10.1. The van der Waals surface area contributed by atoms with Crippen molar-refractivity contribution in [2.24, 2.45) is 5.73 Å². The number of phenols is 2. The molecule has 4 N–H and O–H groups in total. The molecule has 1 aliphatic rings. The fraction of sp³-hybridized carbons (Fsp3) is 0.455. The molecule has 15 heavy (non-hydrogen) atoms. The molecule has 1 saturated carbocycles. The van der Waals surface area contributed by atoms with Crippen LogP contribution >= 0.6 is 15.9 Å². The number of benzene rings is 1. The van der Waals surface area contributed by atoms with E-state index in [1.807, 2.05) is 13.0 Å². The minimum Gasteiger partial charge on any atom is -0.504 e. The number of nitrogens with two attached hydrogens (primary N) is 1. The van der Waals surface area contributed by atoms with Gasteiger partial charge in [-0.1, -0.05) is 15.9 Å². The summed E-state index contributed by atoms with van der Waals surface area (Å²) in [7, 11) is 0. The molecule has 1 atom stereocenters. The highest BCUT2D eigenvalue weighted by molar-refractivity contribution is 9.10. The maximum atomic E-state index is 9.82. The van der Waals surface area contributed by atoms with E-state index >= 15 is 0 Å². The van der Waals surface area contributed by atoms with Crippen molar-refractivity contribution in [3.63, 3.8) is 0 Å². The van der Waals surface area contributed by atoms with Crippen molar-refractivity contribution in [2.45, 2.75) is 31.2 Å². The fourth-order valence-corrected chi connectivity index (χ4v) is 2.51. The van der Waals surface area contributed by atoms with Crippen LogP contribution in [0.1, 0.15) is 25.3 Å². The summed E-state index contributed by atoms with van der Waals surface area (Å²) in [4.78, 5) is 0. The van der Waals surface area contributed by atoms with Gasteiger partial charge < -0.3 is 15.9 Å². The second-order valence-corrected chi connectivity index (χ2v) is 5.18. The van der Waals surface area contributed by atoms with Gasteiger partial charge in [0.25, 0.3) is 0 Å². The third-order valence-electron chi connectivity index (χ3n) is 3.25. The summed E-state index contributed by atoms with van der Waals surface area (Å²) in [5.41, 5.74) is 6.53. The topological polar surface area (TPSA) is 66.5 Å². The molecule has 0 aromatic heterocycles. The summed E-state index contributed by atoms with van der Waals surface area (Å²) >= 11 is 3.30. The number of hydrogen-bond acceptors (Lipinski definition) is 3. The van der Waals surface area contributed by atoms with Gasteiger partial charge in [-0.15, -0.1) is 0 Å². The maximum Gasteiger partial charge on any atom is 0.161 e. The molecule has 0 amide bonds. The Morgan fingerprint density at radius 3 is 2.47 bits per heavy atom. The average Bonchev–Trinajstić information content (AvgIpc) is 2.91. The van der Waals surface area contributed by atoms with E-state index in [0.717, 1.165) is 22.9 Å². The van der Waals surface area contributed by atoms with Gasteiger partial charge in [0.1, 0.15) is 0 Å². The second kappa shape index (κ2) is 3.39. The van der Waals surface area contributed by atoms with Crippen molar-refractivity contribution in [2.75, 3.05) is 0 Å².